The molecule has 1 rings (SSSR count). The summed E-state index contributed by atoms with van der Waals surface area (Å²) < 4.78 is 0. The van der Waals surface area contributed by atoms with E-state index in [1.807, 2.05) is 4.90 Å². The average Bonchev–Trinajstić information content (AvgIpc) is 2.50. The molecule has 0 radical (unpaired) electrons. The van der Waals surface area contributed by atoms with Gasteiger partial charge in [-0.25, -0.2) is 0 Å². The van der Waals surface area contributed by atoms with E-state index in [9.17, 15) is 9.90 Å². The maximum Gasteiger partial charge on any atom is 0.321 e. The molecule has 1 unspecified atom stereocenters. The number of carbonyl (C=O) groups is 1. The molecule has 1 heterocycles. The van der Waals surface area contributed by atoms with Crippen molar-refractivity contribution < 1.29 is 15.0 Å². The summed E-state index contributed by atoms with van der Waals surface area (Å²) in [7, 11) is 0. The van der Waals surface area contributed by atoms with Crippen molar-refractivity contribution in [2.75, 3.05) is 6.54 Å². The molecule has 0 aromatic carbocycles. The zero-order valence-corrected chi connectivity index (χ0v) is 8.81. The summed E-state index contributed by atoms with van der Waals surface area (Å²) in [6.45, 7) is 4.61. The van der Waals surface area contributed by atoms with Crippen molar-refractivity contribution in [3.8, 4) is 0 Å². The monoisotopic (exact) mass is 201 g/mol. The van der Waals surface area contributed by atoms with Crippen molar-refractivity contribution in [3.05, 3.63) is 0 Å². The van der Waals surface area contributed by atoms with Crippen molar-refractivity contribution in [2.45, 2.75) is 51.3 Å². The van der Waals surface area contributed by atoms with Crippen LogP contribution in [0, 0.1) is 0 Å². The van der Waals surface area contributed by atoms with E-state index in [4.69, 9.17) is 5.11 Å². The van der Waals surface area contributed by atoms with Crippen LogP contribution in [0.2, 0.25) is 0 Å². The van der Waals surface area contributed by atoms with Crippen LogP contribution in [0.3, 0.4) is 0 Å². The Balaban J connectivity index is 2.69. The third kappa shape index (κ3) is 2.25. The van der Waals surface area contributed by atoms with Crippen molar-refractivity contribution >= 4 is 5.97 Å². The van der Waals surface area contributed by atoms with Crippen molar-refractivity contribution in [1.82, 2.24) is 4.90 Å². The Labute approximate surface area is 84.5 Å². The first-order chi connectivity index (χ1) is 6.60. The van der Waals surface area contributed by atoms with Crippen LogP contribution >= 0.6 is 0 Å². The van der Waals surface area contributed by atoms with E-state index < -0.39 is 18.1 Å². The zero-order chi connectivity index (χ0) is 10.7. The van der Waals surface area contributed by atoms with Crippen LogP contribution in [-0.2, 0) is 4.79 Å². The molecule has 0 spiro atoms. The van der Waals surface area contributed by atoms with Gasteiger partial charge in [0.25, 0.3) is 0 Å². The summed E-state index contributed by atoms with van der Waals surface area (Å²) in [6.07, 6.45) is 1.77. The van der Waals surface area contributed by atoms with Gasteiger partial charge in [0.15, 0.2) is 0 Å². The number of rotatable bonds is 4. The Morgan fingerprint density at radius 1 is 1.50 bits per heavy atom. The predicted molar refractivity (Wildman–Crippen MR) is 53.1 cm³/mol. The van der Waals surface area contributed by atoms with E-state index in [-0.39, 0.29) is 6.04 Å². The highest BCUT2D eigenvalue weighted by molar-refractivity contribution is 5.74. The maximum absolute atomic E-state index is 10.9. The smallest absolute Gasteiger partial charge is 0.321 e. The predicted octanol–water partition coefficient (Wildman–Crippen LogP) is 0.695. The van der Waals surface area contributed by atoms with Crippen LogP contribution in [0.15, 0.2) is 0 Å². The highest BCUT2D eigenvalue weighted by Gasteiger charge is 2.38. The number of nitrogens with zero attached hydrogens (tertiary/aromatic N) is 1. The van der Waals surface area contributed by atoms with E-state index in [2.05, 4.69) is 13.8 Å². The van der Waals surface area contributed by atoms with Crippen molar-refractivity contribution in [3.63, 3.8) is 0 Å². The molecule has 82 valence electrons. The molecule has 4 heteroatoms. The van der Waals surface area contributed by atoms with Crippen LogP contribution < -0.4 is 0 Å². The number of hydrogen-bond acceptors (Lipinski definition) is 3. The van der Waals surface area contributed by atoms with E-state index in [1.54, 1.807) is 0 Å². The van der Waals surface area contributed by atoms with Gasteiger partial charge in [0.2, 0.25) is 0 Å². The number of carboxylic acid groups (broad SMARTS) is 1. The largest absolute Gasteiger partial charge is 0.480 e. The van der Waals surface area contributed by atoms with Crippen molar-refractivity contribution in [1.29, 1.82) is 0 Å². The Morgan fingerprint density at radius 2 is 2.07 bits per heavy atom. The molecule has 1 aliphatic rings. The molecule has 0 aromatic rings. The number of likely N-dealkylation sites (tertiary alicyclic amines) is 1. The third-order valence-corrected chi connectivity index (χ3v) is 3.01. The van der Waals surface area contributed by atoms with Crippen LogP contribution in [0.1, 0.15) is 33.1 Å². The lowest BCUT2D eigenvalue weighted by Crippen LogP contribution is -2.42. The van der Waals surface area contributed by atoms with Gasteiger partial charge in [0.05, 0.1) is 6.10 Å². The van der Waals surface area contributed by atoms with Gasteiger partial charge in [0, 0.05) is 19.0 Å². The van der Waals surface area contributed by atoms with E-state index in [1.165, 1.54) is 0 Å². The standard InChI is InChI=1S/C10H19NO3/c1-3-7(4-2)11-6-8(12)5-9(11)10(13)14/h7-9,12H,3-6H2,1-2H3,(H,13,14)/t8-,9?/m1/s1. The lowest BCUT2D eigenvalue weighted by Gasteiger charge is -2.29. The van der Waals surface area contributed by atoms with Gasteiger partial charge in [-0.1, -0.05) is 13.8 Å². The second-order valence-electron chi connectivity index (χ2n) is 3.91. The first kappa shape index (κ1) is 11.5. The van der Waals surface area contributed by atoms with Crippen LogP contribution in [-0.4, -0.2) is 45.8 Å². The van der Waals surface area contributed by atoms with E-state index in [0.29, 0.717) is 13.0 Å². The molecule has 1 aliphatic heterocycles. The molecule has 1 saturated heterocycles. The minimum absolute atomic E-state index is 0.285. The molecule has 0 aliphatic carbocycles. The molecule has 0 bridgehead atoms. The molecule has 2 N–H and O–H groups in total. The molecule has 0 saturated carbocycles. The molecule has 2 atom stereocenters. The average molecular weight is 201 g/mol. The first-order valence-electron chi connectivity index (χ1n) is 5.26. The number of aliphatic hydroxyl groups excluding tert-OH is 1. The topological polar surface area (TPSA) is 60.8 Å². The Kier molecular flexibility index (Phi) is 3.89. The van der Waals surface area contributed by atoms with Gasteiger partial charge < -0.3 is 10.2 Å². The maximum atomic E-state index is 10.9. The van der Waals surface area contributed by atoms with Gasteiger partial charge in [-0.3, -0.25) is 9.69 Å². The number of carboxylic acids is 1. The van der Waals surface area contributed by atoms with Crippen LogP contribution in [0.4, 0.5) is 0 Å². The Bertz CT molecular complexity index is 204. The van der Waals surface area contributed by atoms with Gasteiger partial charge in [-0.05, 0) is 12.8 Å². The second-order valence-corrected chi connectivity index (χ2v) is 3.91. The number of β-amino-alcohol motifs (C(OH)–C–C–N with tert-alkyl or cyclic N) is 1. The summed E-state index contributed by atoms with van der Waals surface area (Å²) in [4.78, 5) is 12.9. The van der Waals surface area contributed by atoms with Crippen LogP contribution in [0.5, 0.6) is 0 Å². The molecule has 4 nitrogen and oxygen atoms in total. The summed E-state index contributed by atoms with van der Waals surface area (Å²) in [6, 6.07) is -0.205. The van der Waals surface area contributed by atoms with Crippen LogP contribution in [0.25, 0.3) is 0 Å². The number of aliphatic hydroxyl groups is 1. The molecule has 1 fully saturated rings. The molecule has 0 amide bonds. The number of aliphatic carboxylic acids is 1. The Hall–Kier alpha value is -0.610. The summed E-state index contributed by atoms with van der Waals surface area (Å²) >= 11 is 0. The summed E-state index contributed by atoms with van der Waals surface area (Å²) in [5, 5.41) is 18.4. The van der Waals surface area contributed by atoms with E-state index >= 15 is 0 Å². The summed E-state index contributed by atoms with van der Waals surface area (Å²) in [5.41, 5.74) is 0. The SMILES string of the molecule is CCC(CC)N1C[C@H](O)CC1C(=O)O. The Morgan fingerprint density at radius 3 is 2.50 bits per heavy atom. The minimum Gasteiger partial charge on any atom is -0.480 e. The first-order valence-corrected chi connectivity index (χ1v) is 5.26. The lowest BCUT2D eigenvalue weighted by atomic mass is 10.1. The third-order valence-electron chi connectivity index (χ3n) is 3.01. The molecular weight excluding hydrogens is 182 g/mol. The fourth-order valence-electron chi connectivity index (χ4n) is 2.24. The van der Waals surface area contributed by atoms with Gasteiger partial charge in [-0.2, -0.15) is 0 Å². The fraction of sp³-hybridized carbons (Fsp3) is 0.900. The van der Waals surface area contributed by atoms with E-state index in [0.717, 1.165) is 12.8 Å². The van der Waals surface area contributed by atoms with Gasteiger partial charge in [-0.15, -0.1) is 0 Å². The quantitative estimate of drug-likeness (QED) is 0.702. The zero-order valence-electron chi connectivity index (χ0n) is 8.81. The number of hydrogen-bond donors (Lipinski definition) is 2. The molecule has 0 aromatic heterocycles. The van der Waals surface area contributed by atoms with Gasteiger partial charge >= 0.3 is 5.97 Å². The van der Waals surface area contributed by atoms with Gasteiger partial charge in [0.1, 0.15) is 6.04 Å². The normalized spacial score (nSPS) is 28.6. The second kappa shape index (κ2) is 4.75. The molecular formula is C10H19NO3. The molecule has 14 heavy (non-hydrogen) atoms. The lowest BCUT2D eigenvalue weighted by molar-refractivity contribution is -0.143. The van der Waals surface area contributed by atoms with Crippen molar-refractivity contribution in [2.24, 2.45) is 0 Å². The highest BCUT2D eigenvalue weighted by atomic mass is 16.4. The highest BCUT2D eigenvalue weighted by Crippen LogP contribution is 2.23. The minimum atomic E-state index is -0.812. The summed E-state index contributed by atoms with van der Waals surface area (Å²) in [5.74, 6) is -0.812. The fourth-order valence-corrected chi connectivity index (χ4v) is 2.24.